The fourth-order valence-corrected chi connectivity index (χ4v) is 1.43. The molecule has 0 aliphatic heterocycles. The minimum Gasteiger partial charge on any atom is -0.383 e. The first kappa shape index (κ1) is 11.3. The molecule has 78 valence electrons. The molecule has 4 heteroatoms. The lowest BCUT2D eigenvalue weighted by Crippen LogP contribution is -2.21. The Bertz CT molecular complexity index is 304. The lowest BCUT2D eigenvalue weighted by Gasteiger charge is -2.15. The standard InChI is InChI=1S/C10H15ClN2O/c1-7(6-14-3)12-9-4-5-10(11)13-8(9)2/h4-5,7,12H,6H2,1-3H3. The SMILES string of the molecule is COCC(C)Nc1ccc(Cl)nc1C. The highest BCUT2D eigenvalue weighted by Gasteiger charge is 2.04. The molecule has 1 N–H and O–H groups in total. The monoisotopic (exact) mass is 214 g/mol. The summed E-state index contributed by atoms with van der Waals surface area (Å²) in [5.74, 6) is 0. The smallest absolute Gasteiger partial charge is 0.129 e. The van der Waals surface area contributed by atoms with Crippen LogP contribution in [0.2, 0.25) is 5.15 Å². The van der Waals surface area contributed by atoms with Crippen LogP contribution in [0.4, 0.5) is 5.69 Å². The summed E-state index contributed by atoms with van der Waals surface area (Å²) >= 11 is 5.75. The molecular formula is C10H15ClN2O. The van der Waals surface area contributed by atoms with Gasteiger partial charge in [-0.3, -0.25) is 0 Å². The number of aromatic nitrogens is 1. The fourth-order valence-electron chi connectivity index (χ4n) is 1.24. The van der Waals surface area contributed by atoms with Gasteiger partial charge >= 0.3 is 0 Å². The van der Waals surface area contributed by atoms with Crippen molar-refractivity contribution in [2.75, 3.05) is 19.0 Å². The maximum Gasteiger partial charge on any atom is 0.129 e. The second kappa shape index (κ2) is 5.17. The number of anilines is 1. The number of nitrogens with one attached hydrogen (secondary N) is 1. The Morgan fingerprint density at radius 2 is 2.29 bits per heavy atom. The average Bonchev–Trinajstić information content (AvgIpc) is 2.10. The molecule has 3 nitrogen and oxygen atoms in total. The topological polar surface area (TPSA) is 34.1 Å². The molecule has 0 aliphatic carbocycles. The first-order chi connectivity index (χ1) is 6.63. The number of hydrogen-bond donors (Lipinski definition) is 1. The van der Waals surface area contributed by atoms with Gasteiger partial charge in [0.25, 0.3) is 0 Å². The van der Waals surface area contributed by atoms with Crippen molar-refractivity contribution in [1.82, 2.24) is 4.98 Å². The number of nitrogens with zero attached hydrogens (tertiary/aromatic N) is 1. The van der Waals surface area contributed by atoms with Gasteiger partial charge in [-0.2, -0.15) is 0 Å². The van der Waals surface area contributed by atoms with Crippen molar-refractivity contribution in [1.29, 1.82) is 0 Å². The molecular weight excluding hydrogens is 200 g/mol. The number of aryl methyl sites for hydroxylation is 1. The third kappa shape index (κ3) is 3.16. The lowest BCUT2D eigenvalue weighted by atomic mass is 10.2. The average molecular weight is 215 g/mol. The number of methoxy groups -OCH3 is 1. The molecule has 0 aromatic carbocycles. The van der Waals surface area contributed by atoms with Crippen LogP contribution in [-0.2, 0) is 4.74 Å². The summed E-state index contributed by atoms with van der Waals surface area (Å²) in [7, 11) is 1.69. The van der Waals surface area contributed by atoms with Crippen molar-refractivity contribution in [2.45, 2.75) is 19.9 Å². The van der Waals surface area contributed by atoms with Crippen LogP contribution in [-0.4, -0.2) is 24.7 Å². The van der Waals surface area contributed by atoms with Crippen molar-refractivity contribution in [2.24, 2.45) is 0 Å². The second-order valence-electron chi connectivity index (χ2n) is 3.27. The van der Waals surface area contributed by atoms with Crippen LogP contribution < -0.4 is 5.32 Å². The first-order valence-electron chi connectivity index (χ1n) is 4.52. The molecule has 1 unspecified atom stereocenters. The van der Waals surface area contributed by atoms with E-state index >= 15 is 0 Å². The van der Waals surface area contributed by atoms with Gasteiger partial charge in [0.1, 0.15) is 5.15 Å². The Hall–Kier alpha value is -0.800. The predicted octanol–water partition coefficient (Wildman–Crippen LogP) is 2.49. The molecule has 0 fully saturated rings. The largest absolute Gasteiger partial charge is 0.383 e. The zero-order valence-corrected chi connectivity index (χ0v) is 9.43. The summed E-state index contributed by atoms with van der Waals surface area (Å²) in [6.45, 7) is 4.65. The summed E-state index contributed by atoms with van der Waals surface area (Å²) in [5.41, 5.74) is 1.90. The van der Waals surface area contributed by atoms with E-state index < -0.39 is 0 Å². The van der Waals surface area contributed by atoms with Gasteiger partial charge in [-0.1, -0.05) is 11.6 Å². The molecule has 0 saturated heterocycles. The van der Waals surface area contributed by atoms with Gasteiger partial charge in [0.2, 0.25) is 0 Å². The summed E-state index contributed by atoms with van der Waals surface area (Å²) in [6.07, 6.45) is 0. The van der Waals surface area contributed by atoms with Crippen molar-refractivity contribution >= 4 is 17.3 Å². The highest BCUT2D eigenvalue weighted by Crippen LogP contribution is 2.16. The molecule has 1 rings (SSSR count). The van der Waals surface area contributed by atoms with Gasteiger partial charge in [0.15, 0.2) is 0 Å². The van der Waals surface area contributed by atoms with E-state index in [9.17, 15) is 0 Å². The summed E-state index contributed by atoms with van der Waals surface area (Å²) < 4.78 is 5.03. The van der Waals surface area contributed by atoms with Crippen LogP contribution in [0.5, 0.6) is 0 Å². The Morgan fingerprint density at radius 1 is 1.57 bits per heavy atom. The molecule has 1 heterocycles. The molecule has 0 aliphatic rings. The van der Waals surface area contributed by atoms with Crippen LogP contribution in [0.15, 0.2) is 12.1 Å². The summed E-state index contributed by atoms with van der Waals surface area (Å²) in [6, 6.07) is 3.97. The second-order valence-corrected chi connectivity index (χ2v) is 3.65. The number of pyridine rings is 1. The van der Waals surface area contributed by atoms with E-state index in [4.69, 9.17) is 16.3 Å². The molecule has 1 aromatic rings. The number of halogens is 1. The van der Waals surface area contributed by atoms with Gasteiger partial charge in [0, 0.05) is 13.2 Å². The molecule has 0 bridgehead atoms. The molecule has 0 radical (unpaired) electrons. The van der Waals surface area contributed by atoms with E-state index in [-0.39, 0.29) is 6.04 Å². The van der Waals surface area contributed by atoms with Crippen molar-refractivity contribution in [3.8, 4) is 0 Å². The van der Waals surface area contributed by atoms with Crippen LogP contribution in [0.25, 0.3) is 0 Å². The van der Waals surface area contributed by atoms with E-state index in [2.05, 4.69) is 17.2 Å². The van der Waals surface area contributed by atoms with Gasteiger partial charge in [-0.05, 0) is 26.0 Å². The molecule has 0 amide bonds. The third-order valence-corrected chi connectivity index (χ3v) is 2.08. The normalized spacial score (nSPS) is 12.6. The van der Waals surface area contributed by atoms with E-state index in [1.54, 1.807) is 13.2 Å². The van der Waals surface area contributed by atoms with Crippen molar-refractivity contribution in [3.63, 3.8) is 0 Å². The fraction of sp³-hybridized carbons (Fsp3) is 0.500. The zero-order chi connectivity index (χ0) is 10.6. The van der Waals surface area contributed by atoms with Crippen molar-refractivity contribution < 1.29 is 4.74 Å². The van der Waals surface area contributed by atoms with Crippen LogP contribution in [0.3, 0.4) is 0 Å². The van der Waals surface area contributed by atoms with E-state index in [1.807, 2.05) is 13.0 Å². The Kier molecular flexibility index (Phi) is 4.17. The quantitative estimate of drug-likeness (QED) is 0.782. The highest BCUT2D eigenvalue weighted by molar-refractivity contribution is 6.29. The minimum absolute atomic E-state index is 0.265. The number of ether oxygens (including phenoxy) is 1. The molecule has 1 aromatic heterocycles. The van der Waals surface area contributed by atoms with E-state index in [0.717, 1.165) is 11.4 Å². The van der Waals surface area contributed by atoms with Crippen LogP contribution in [0, 0.1) is 6.92 Å². The predicted molar refractivity (Wildman–Crippen MR) is 58.9 cm³/mol. The number of hydrogen-bond acceptors (Lipinski definition) is 3. The highest BCUT2D eigenvalue weighted by atomic mass is 35.5. The Labute approximate surface area is 89.4 Å². The van der Waals surface area contributed by atoms with Gasteiger partial charge in [-0.25, -0.2) is 4.98 Å². The van der Waals surface area contributed by atoms with Crippen molar-refractivity contribution in [3.05, 3.63) is 23.0 Å². The Morgan fingerprint density at radius 3 is 2.86 bits per heavy atom. The molecule has 1 atom stereocenters. The molecule has 14 heavy (non-hydrogen) atoms. The summed E-state index contributed by atoms with van der Waals surface area (Å²) in [4.78, 5) is 4.15. The minimum atomic E-state index is 0.265. The number of rotatable bonds is 4. The molecule has 0 saturated carbocycles. The van der Waals surface area contributed by atoms with Crippen LogP contribution >= 0.6 is 11.6 Å². The molecule has 0 spiro atoms. The maximum atomic E-state index is 5.75. The Balaban J connectivity index is 2.67. The van der Waals surface area contributed by atoms with Gasteiger partial charge in [0.05, 0.1) is 18.0 Å². The van der Waals surface area contributed by atoms with E-state index in [0.29, 0.717) is 11.8 Å². The maximum absolute atomic E-state index is 5.75. The van der Waals surface area contributed by atoms with Gasteiger partial charge in [-0.15, -0.1) is 0 Å². The zero-order valence-electron chi connectivity index (χ0n) is 8.67. The third-order valence-electron chi connectivity index (χ3n) is 1.87. The lowest BCUT2D eigenvalue weighted by molar-refractivity contribution is 0.190. The van der Waals surface area contributed by atoms with Crippen LogP contribution in [0.1, 0.15) is 12.6 Å². The van der Waals surface area contributed by atoms with E-state index in [1.165, 1.54) is 0 Å². The van der Waals surface area contributed by atoms with Gasteiger partial charge < -0.3 is 10.1 Å². The summed E-state index contributed by atoms with van der Waals surface area (Å²) in [5, 5.41) is 3.81. The first-order valence-corrected chi connectivity index (χ1v) is 4.90.